The molecule has 8 heteroatoms. The number of hydrogen-bond acceptors (Lipinski definition) is 4. The van der Waals surface area contributed by atoms with Crippen molar-refractivity contribution in [2.45, 2.75) is 50.5 Å². The zero-order chi connectivity index (χ0) is 17.0. The summed E-state index contributed by atoms with van der Waals surface area (Å²) in [6.07, 6.45) is 4.27. The first-order valence-corrected chi connectivity index (χ1v) is 9.42. The molecule has 1 aromatic rings. The molecule has 1 atom stereocenters. The summed E-state index contributed by atoms with van der Waals surface area (Å²) in [7, 11) is -3.67. The molecule has 0 radical (unpaired) electrons. The SMILES string of the molecule is CC(=O)Nc1cc(S(=O)(=O)NC(CN)C2CCCC2)ccc1C.Cl. The predicted octanol–water partition coefficient (Wildman–Crippen LogP) is 2.17. The second kappa shape index (κ2) is 8.80. The molecule has 0 saturated heterocycles. The standard InChI is InChI=1S/C16H25N3O3S.ClH/c1-11-7-8-14(9-15(11)18-12(2)20)23(21,22)19-16(10-17)13-5-3-4-6-13;/h7-9,13,16,19H,3-6,10,17H2,1-2H3,(H,18,20);1H. The molecular formula is C16H26ClN3O3S. The van der Waals surface area contributed by atoms with Crippen LogP contribution >= 0.6 is 12.4 Å². The molecule has 4 N–H and O–H groups in total. The van der Waals surface area contributed by atoms with E-state index in [-0.39, 0.29) is 35.8 Å². The van der Waals surface area contributed by atoms with Gasteiger partial charge in [0.1, 0.15) is 0 Å². The van der Waals surface area contributed by atoms with Crippen molar-refractivity contribution in [3.63, 3.8) is 0 Å². The van der Waals surface area contributed by atoms with E-state index in [0.717, 1.165) is 31.2 Å². The molecule has 1 aliphatic rings. The van der Waals surface area contributed by atoms with E-state index in [9.17, 15) is 13.2 Å². The van der Waals surface area contributed by atoms with Gasteiger partial charge in [-0.15, -0.1) is 12.4 Å². The number of amides is 1. The van der Waals surface area contributed by atoms with E-state index in [4.69, 9.17) is 5.73 Å². The Morgan fingerprint density at radius 3 is 2.50 bits per heavy atom. The number of anilines is 1. The number of rotatable bonds is 6. The molecule has 136 valence electrons. The molecule has 1 aliphatic carbocycles. The van der Waals surface area contributed by atoms with Crippen LogP contribution in [0.1, 0.15) is 38.2 Å². The number of benzene rings is 1. The first kappa shape index (κ1) is 20.9. The third-order valence-corrected chi connectivity index (χ3v) is 5.85. The van der Waals surface area contributed by atoms with E-state index < -0.39 is 10.0 Å². The van der Waals surface area contributed by atoms with Crippen LogP contribution in [0.25, 0.3) is 0 Å². The maximum atomic E-state index is 12.6. The number of sulfonamides is 1. The van der Waals surface area contributed by atoms with Crippen LogP contribution in [0.4, 0.5) is 5.69 Å². The van der Waals surface area contributed by atoms with Gasteiger partial charge in [-0.2, -0.15) is 0 Å². The van der Waals surface area contributed by atoms with Crippen molar-refractivity contribution in [3.05, 3.63) is 23.8 Å². The molecule has 0 aromatic heterocycles. The fourth-order valence-corrected chi connectivity index (χ4v) is 4.40. The minimum atomic E-state index is -3.67. The van der Waals surface area contributed by atoms with Crippen molar-refractivity contribution in [1.82, 2.24) is 4.72 Å². The lowest BCUT2D eigenvalue weighted by Crippen LogP contribution is -2.44. The van der Waals surface area contributed by atoms with E-state index in [2.05, 4.69) is 10.0 Å². The summed E-state index contributed by atoms with van der Waals surface area (Å²) in [5, 5.41) is 2.65. The maximum Gasteiger partial charge on any atom is 0.240 e. The topological polar surface area (TPSA) is 101 Å². The third kappa shape index (κ3) is 5.17. The van der Waals surface area contributed by atoms with Crippen LogP contribution in [0.15, 0.2) is 23.1 Å². The van der Waals surface area contributed by atoms with Gasteiger partial charge in [0.05, 0.1) is 4.90 Å². The molecule has 0 bridgehead atoms. The summed E-state index contributed by atoms with van der Waals surface area (Å²) in [5.41, 5.74) is 7.09. The van der Waals surface area contributed by atoms with Crippen molar-refractivity contribution >= 4 is 34.0 Å². The van der Waals surface area contributed by atoms with Crippen LogP contribution in [0, 0.1) is 12.8 Å². The lowest BCUT2D eigenvalue weighted by Gasteiger charge is -2.23. The summed E-state index contributed by atoms with van der Waals surface area (Å²) < 4.78 is 28.0. The summed E-state index contributed by atoms with van der Waals surface area (Å²) in [6, 6.07) is 4.48. The van der Waals surface area contributed by atoms with E-state index >= 15 is 0 Å². The average Bonchev–Trinajstić information content (AvgIpc) is 3.00. The van der Waals surface area contributed by atoms with Crippen molar-refractivity contribution in [1.29, 1.82) is 0 Å². The minimum Gasteiger partial charge on any atom is -0.329 e. The third-order valence-electron chi connectivity index (χ3n) is 4.36. The summed E-state index contributed by atoms with van der Waals surface area (Å²) in [5.74, 6) is 0.0661. The molecule has 24 heavy (non-hydrogen) atoms. The van der Waals surface area contributed by atoms with Crippen molar-refractivity contribution in [2.75, 3.05) is 11.9 Å². The lowest BCUT2D eigenvalue weighted by atomic mass is 9.99. The number of nitrogens with two attached hydrogens (primary N) is 1. The molecule has 1 fully saturated rings. The monoisotopic (exact) mass is 375 g/mol. The number of aryl methyl sites for hydroxylation is 1. The fourth-order valence-electron chi connectivity index (χ4n) is 3.06. The van der Waals surface area contributed by atoms with Crippen molar-refractivity contribution < 1.29 is 13.2 Å². The number of carbonyl (C=O) groups is 1. The van der Waals surface area contributed by atoms with Gasteiger partial charge in [0.25, 0.3) is 0 Å². The molecule has 2 rings (SSSR count). The molecule has 0 aliphatic heterocycles. The highest BCUT2D eigenvalue weighted by atomic mass is 35.5. The number of nitrogens with one attached hydrogen (secondary N) is 2. The van der Waals surface area contributed by atoms with E-state index in [0.29, 0.717) is 11.6 Å². The Kier molecular flexibility index (Phi) is 7.66. The van der Waals surface area contributed by atoms with Crippen molar-refractivity contribution in [3.8, 4) is 0 Å². The Bertz CT molecular complexity index is 673. The van der Waals surface area contributed by atoms with Crippen LogP contribution in [-0.2, 0) is 14.8 Å². The molecule has 0 heterocycles. The Balaban J connectivity index is 0.00000288. The molecule has 6 nitrogen and oxygen atoms in total. The Labute approximate surface area is 150 Å². The minimum absolute atomic E-state index is 0. The Morgan fingerprint density at radius 1 is 1.33 bits per heavy atom. The van der Waals surface area contributed by atoms with Crippen LogP contribution in [0.3, 0.4) is 0 Å². The second-order valence-corrected chi connectivity index (χ2v) is 7.88. The van der Waals surface area contributed by atoms with Crippen LogP contribution in [-0.4, -0.2) is 26.9 Å². The molecule has 0 spiro atoms. The predicted molar refractivity (Wildman–Crippen MR) is 97.9 cm³/mol. The van der Waals surface area contributed by atoms with Crippen LogP contribution in [0.2, 0.25) is 0 Å². The van der Waals surface area contributed by atoms with Gasteiger partial charge in [0, 0.05) is 25.2 Å². The lowest BCUT2D eigenvalue weighted by molar-refractivity contribution is -0.114. The Morgan fingerprint density at radius 2 is 1.96 bits per heavy atom. The quantitative estimate of drug-likeness (QED) is 0.709. The first-order chi connectivity index (χ1) is 10.8. The smallest absolute Gasteiger partial charge is 0.240 e. The van der Waals surface area contributed by atoms with E-state index in [1.54, 1.807) is 12.1 Å². The van der Waals surface area contributed by atoms with Gasteiger partial charge in [-0.1, -0.05) is 18.9 Å². The first-order valence-electron chi connectivity index (χ1n) is 7.94. The van der Waals surface area contributed by atoms with Gasteiger partial charge in [-0.25, -0.2) is 13.1 Å². The highest BCUT2D eigenvalue weighted by Crippen LogP contribution is 2.28. The zero-order valence-electron chi connectivity index (χ0n) is 14.0. The molecular weight excluding hydrogens is 350 g/mol. The normalized spacial score (nSPS) is 16.5. The molecule has 1 unspecified atom stereocenters. The van der Waals surface area contributed by atoms with Gasteiger partial charge in [0.15, 0.2) is 0 Å². The molecule has 1 aromatic carbocycles. The number of carbonyl (C=O) groups excluding carboxylic acids is 1. The average molecular weight is 376 g/mol. The van der Waals surface area contributed by atoms with Gasteiger partial charge in [-0.3, -0.25) is 4.79 Å². The zero-order valence-corrected chi connectivity index (χ0v) is 15.7. The fraction of sp³-hybridized carbons (Fsp3) is 0.562. The molecule has 1 amide bonds. The van der Waals surface area contributed by atoms with E-state index in [1.165, 1.54) is 13.0 Å². The van der Waals surface area contributed by atoms with Gasteiger partial charge in [-0.05, 0) is 43.4 Å². The van der Waals surface area contributed by atoms with E-state index in [1.807, 2.05) is 6.92 Å². The largest absolute Gasteiger partial charge is 0.329 e. The van der Waals surface area contributed by atoms with Gasteiger partial charge >= 0.3 is 0 Å². The van der Waals surface area contributed by atoms with Crippen LogP contribution < -0.4 is 15.8 Å². The van der Waals surface area contributed by atoms with Gasteiger partial charge < -0.3 is 11.1 Å². The second-order valence-electron chi connectivity index (χ2n) is 6.17. The Hall–Kier alpha value is -1.15. The highest BCUT2D eigenvalue weighted by molar-refractivity contribution is 7.89. The number of halogens is 1. The van der Waals surface area contributed by atoms with Gasteiger partial charge in [0.2, 0.25) is 15.9 Å². The number of hydrogen-bond donors (Lipinski definition) is 3. The maximum absolute atomic E-state index is 12.6. The summed E-state index contributed by atoms with van der Waals surface area (Å²) in [4.78, 5) is 11.4. The van der Waals surface area contributed by atoms with Crippen LogP contribution in [0.5, 0.6) is 0 Å². The summed E-state index contributed by atoms with van der Waals surface area (Å²) >= 11 is 0. The van der Waals surface area contributed by atoms with Crippen molar-refractivity contribution in [2.24, 2.45) is 11.7 Å². The highest BCUT2D eigenvalue weighted by Gasteiger charge is 2.28. The summed E-state index contributed by atoms with van der Waals surface area (Å²) in [6.45, 7) is 3.49. The molecule has 1 saturated carbocycles.